The third kappa shape index (κ3) is 2.96. The van der Waals surface area contributed by atoms with Crippen molar-refractivity contribution in [1.82, 2.24) is 4.98 Å². The number of nitrogens with one attached hydrogen (secondary N) is 1. The Kier molecular flexibility index (Phi) is 4.09. The minimum Gasteiger partial charge on any atom is -0.373 e. The van der Waals surface area contributed by atoms with Crippen LogP contribution in [0.4, 0.5) is 5.69 Å². The summed E-state index contributed by atoms with van der Waals surface area (Å²) in [5.74, 6) is 0.264. The molecule has 1 aliphatic heterocycles. The molecule has 2 aliphatic rings. The zero-order chi connectivity index (χ0) is 20.2. The monoisotopic (exact) mass is 382 g/mol. The number of aryl methyl sites for hydroxylation is 1. The Morgan fingerprint density at radius 3 is 2.62 bits per heavy atom. The van der Waals surface area contributed by atoms with Gasteiger partial charge < -0.3 is 5.32 Å². The molecule has 0 radical (unpaired) electrons. The molecule has 2 heterocycles. The number of carbonyl (C=O) groups excluding carboxylic acids is 1. The molecule has 3 aromatic rings. The number of fused-ring (bicyclic) bond motifs is 4. The highest BCUT2D eigenvalue weighted by Crippen LogP contribution is 2.51. The van der Waals surface area contributed by atoms with Crippen LogP contribution in [-0.2, 0) is 11.2 Å². The van der Waals surface area contributed by atoms with Gasteiger partial charge in [0.25, 0.3) is 0 Å². The quantitative estimate of drug-likeness (QED) is 0.582. The summed E-state index contributed by atoms with van der Waals surface area (Å²) in [6.45, 7) is 6.56. The fourth-order valence-electron chi connectivity index (χ4n) is 4.91. The average molecular weight is 383 g/mol. The standard InChI is InChI=1S/C26H26N2O/c1-4-16-7-9-17(10-8-16)25-24-19(14-26(2,3)15-22(24)29)23-18-6-5-13-27-20(18)11-12-21(23)28-25/h5-13,25,28H,4,14-15H2,1-3H3. The zero-order valence-corrected chi connectivity index (χ0v) is 17.3. The molecule has 29 heavy (non-hydrogen) atoms. The number of rotatable bonds is 2. The second-order valence-electron chi connectivity index (χ2n) is 9.06. The molecule has 146 valence electrons. The molecular formula is C26H26N2O. The maximum atomic E-state index is 13.4. The molecule has 0 fully saturated rings. The molecule has 0 saturated carbocycles. The molecule has 1 aliphatic carbocycles. The lowest BCUT2D eigenvalue weighted by Gasteiger charge is -2.40. The van der Waals surface area contributed by atoms with Crippen molar-refractivity contribution in [2.75, 3.05) is 5.32 Å². The molecule has 3 heteroatoms. The predicted molar refractivity (Wildman–Crippen MR) is 119 cm³/mol. The number of carbonyl (C=O) groups is 1. The predicted octanol–water partition coefficient (Wildman–Crippen LogP) is 6.11. The lowest BCUT2D eigenvalue weighted by molar-refractivity contribution is -0.118. The number of hydrogen-bond acceptors (Lipinski definition) is 3. The Morgan fingerprint density at radius 2 is 1.86 bits per heavy atom. The van der Waals surface area contributed by atoms with Crippen LogP contribution in [0.5, 0.6) is 0 Å². The van der Waals surface area contributed by atoms with Gasteiger partial charge in [0.1, 0.15) is 0 Å². The molecule has 1 aromatic heterocycles. The van der Waals surface area contributed by atoms with Crippen molar-refractivity contribution in [2.24, 2.45) is 5.41 Å². The van der Waals surface area contributed by atoms with E-state index in [1.807, 2.05) is 12.3 Å². The summed E-state index contributed by atoms with van der Waals surface area (Å²) >= 11 is 0. The van der Waals surface area contributed by atoms with Crippen LogP contribution in [0, 0.1) is 5.41 Å². The van der Waals surface area contributed by atoms with Crippen molar-refractivity contribution >= 4 is 27.9 Å². The minimum absolute atomic E-state index is 0.0362. The first kappa shape index (κ1) is 18.1. The molecule has 1 unspecified atom stereocenters. The van der Waals surface area contributed by atoms with Crippen LogP contribution < -0.4 is 5.32 Å². The van der Waals surface area contributed by atoms with Crippen LogP contribution in [-0.4, -0.2) is 10.8 Å². The van der Waals surface area contributed by atoms with Gasteiger partial charge in [0.05, 0.1) is 11.6 Å². The van der Waals surface area contributed by atoms with Crippen LogP contribution in [0.25, 0.3) is 16.5 Å². The molecule has 1 N–H and O–H groups in total. The van der Waals surface area contributed by atoms with Crippen LogP contribution in [0.15, 0.2) is 60.3 Å². The molecular weight excluding hydrogens is 356 g/mol. The largest absolute Gasteiger partial charge is 0.373 e. The molecule has 3 nitrogen and oxygen atoms in total. The summed E-state index contributed by atoms with van der Waals surface area (Å²) in [6, 6.07) is 16.9. The first-order valence-electron chi connectivity index (χ1n) is 10.5. The molecule has 0 saturated heterocycles. The summed E-state index contributed by atoms with van der Waals surface area (Å²) in [4.78, 5) is 17.9. The van der Waals surface area contributed by atoms with E-state index in [0.29, 0.717) is 6.42 Å². The van der Waals surface area contributed by atoms with E-state index in [-0.39, 0.29) is 17.2 Å². The number of allylic oxidation sites excluding steroid dienone is 1. The number of anilines is 1. The number of nitrogens with zero attached hydrogens (tertiary/aromatic N) is 1. The number of pyridine rings is 1. The lowest BCUT2D eigenvalue weighted by Crippen LogP contribution is -2.33. The fraction of sp³-hybridized carbons (Fsp3) is 0.308. The first-order chi connectivity index (χ1) is 14.0. The van der Waals surface area contributed by atoms with Crippen molar-refractivity contribution in [3.8, 4) is 0 Å². The summed E-state index contributed by atoms with van der Waals surface area (Å²) in [7, 11) is 0. The summed E-state index contributed by atoms with van der Waals surface area (Å²) in [6.07, 6.45) is 4.34. The normalized spacial score (nSPS) is 20.2. The molecule has 1 atom stereocenters. The Bertz CT molecular complexity index is 1160. The smallest absolute Gasteiger partial charge is 0.162 e. The number of aromatic nitrogens is 1. The number of Topliss-reactive ketones (excluding diaryl/α,β-unsaturated/α-hetero) is 1. The first-order valence-corrected chi connectivity index (χ1v) is 10.5. The Morgan fingerprint density at radius 1 is 1.07 bits per heavy atom. The van der Waals surface area contributed by atoms with E-state index in [0.717, 1.165) is 46.1 Å². The van der Waals surface area contributed by atoms with Gasteiger partial charge in [-0.3, -0.25) is 9.78 Å². The van der Waals surface area contributed by atoms with Crippen molar-refractivity contribution in [3.05, 3.63) is 77.0 Å². The Balaban J connectivity index is 1.76. The van der Waals surface area contributed by atoms with Gasteiger partial charge in [0, 0.05) is 34.8 Å². The highest BCUT2D eigenvalue weighted by molar-refractivity contribution is 6.12. The van der Waals surface area contributed by atoms with Gasteiger partial charge in [-0.25, -0.2) is 0 Å². The number of hydrogen-bond donors (Lipinski definition) is 1. The summed E-state index contributed by atoms with van der Waals surface area (Å²) < 4.78 is 0. The lowest BCUT2D eigenvalue weighted by atomic mass is 9.68. The topological polar surface area (TPSA) is 42.0 Å². The van der Waals surface area contributed by atoms with Gasteiger partial charge >= 0.3 is 0 Å². The van der Waals surface area contributed by atoms with Gasteiger partial charge in [-0.15, -0.1) is 0 Å². The fourth-order valence-corrected chi connectivity index (χ4v) is 4.91. The third-order valence-corrected chi connectivity index (χ3v) is 6.32. The molecule has 0 spiro atoms. The van der Waals surface area contributed by atoms with E-state index in [2.05, 4.69) is 73.5 Å². The number of ketones is 1. The second kappa shape index (κ2) is 6.55. The van der Waals surface area contributed by atoms with E-state index in [1.54, 1.807) is 0 Å². The minimum atomic E-state index is -0.0962. The highest BCUT2D eigenvalue weighted by Gasteiger charge is 2.40. The average Bonchev–Trinajstić information content (AvgIpc) is 2.72. The second-order valence-corrected chi connectivity index (χ2v) is 9.06. The van der Waals surface area contributed by atoms with Crippen molar-refractivity contribution in [3.63, 3.8) is 0 Å². The van der Waals surface area contributed by atoms with Crippen LogP contribution >= 0.6 is 0 Å². The van der Waals surface area contributed by atoms with Crippen LogP contribution in [0.2, 0.25) is 0 Å². The Hall–Kier alpha value is -2.94. The van der Waals surface area contributed by atoms with Gasteiger partial charge in [-0.05, 0) is 53.2 Å². The molecule has 5 rings (SSSR count). The number of benzene rings is 2. The van der Waals surface area contributed by atoms with Crippen molar-refractivity contribution in [1.29, 1.82) is 0 Å². The zero-order valence-electron chi connectivity index (χ0n) is 17.3. The van der Waals surface area contributed by atoms with E-state index in [4.69, 9.17) is 0 Å². The van der Waals surface area contributed by atoms with Gasteiger partial charge in [-0.2, -0.15) is 0 Å². The van der Waals surface area contributed by atoms with Gasteiger partial charge in [-0.1, -0.05) is 51.1 Å². The SMILES string of the molecule is CCc1ccc(C2Nc3ccc4ncccc4c3C3=C2C(=O)CC(C)(C)C3)cc1. The summed E-state index contributed by atoms with van der Waals surface area (Å²) in [5, 5.41) is 4.81. The van der Waals surface area contributed by atoms with E-state index >= 15 is 0 Å². The molecule has 0 amide bonds. The molecule has 0 bridgehead atoms. The van der Waals surface area contributed by atoms with Crippen LogP contribution in [0.3, 0.4) is 0 Å². The highest BCUT2D eigenvalue weighted by atomic mass is 16.1. The van der Waals surface area contributed by atoms with Crippen LogP contribution in [0.1, 0.15) is 56.3 Å². The third-order valence-electron chi connectivity index (χ3n) is 6.32. The van der Waals surface area contributed by atoms with E-state index in [9.17, 15) is 4.79 Å². The van der Waals surface area contributed by atoms with Crippen molar-refractivity contribution in [2.45, 2.75) is 46.1 Å². The maximum Gasteiger partial charge on any atom is 0.162 e. The van der Waals surface area contributed by atoms with Gasteiger partial charge in [0.15, 0.2) is 5.78 Å². The maximum absolute atomic E-state index is 13.4. The Labute approximate surface area is 171 Å². The van der Waals surface area contributed by atoms with Crippen molar-refractivity contribution < 1.29 is 4.79 Å². The van der Waals surface area contributed by atoms with E-state index in [1.165, 1.54) is 11.1 Å². The summed E-state index contributed by atoms with van der Waals surface area (Å²) in [5.41, 5.74) is 7.80. The molecule has 2 aromatic carbocycles. The van der Waals surface area contributed by atoms with Gasteiger partial charge in [0.2, 0.25) is 0 Å². The van der Waals surface area contributed by atoms with E-state index < -0.39 is 0 Å².